The van der Waals surface area contributed by atoms with Crippen LogP contribution in [0, 0.1) is 5.82 Å². The highest BCUT2D eigenvalue weighted by Crippen LogP contribution is 2.23. The van der Waals surface area contributed by atoms with Crippen LogP contribution in [0.2, 0.25) is 5.02 Å². The summed E-state index contributed by atoms with van der Waals surface area (Å²) >= 11 is 5.94. The van der Waals surface area contributed by atoms with E-state index in [0.29, 0.717) is 11.6 Å². The zero-order chi connectivity index (χ0) is 14.8. The van der Waals surface area contributed by atoms with Crippen molar-refractivity contribution in [2.24, 2.45) is 0 Å². The summed E-state index contributed by atoms with van der Waals surface area (Å²) in [6.07, 6.45) is 0. The number of nitrogens with zero attached hydrogens (tertiary/aromatic N) is 1. The molecule has 0 unspecified atom stereocenters. The third-order valence-electron chi connectivity index (χ3n) is 3.45. The molecule has 3 rings (SSSR count). The molecule has 4 heteroatoms. The molecule has 0 aliphatic carbocycles. The van der Waals surface area contributed by atoms with Gasteiger partial charge in [0, 0.05) is 17.0 Å². The van der Waals surface area contributed by atoms with E-state index in [-0.39, 0.29) is 5.82 Å². The highest BCUT2D eigenvalue weighted by Gasteiger charge is 2.09. The Labute approximate surface area is 127 Å². The van der Waals surface area contributed by atoms with Gasteiger partial charge in [0.05, 0.1) is 11.2 Å². The molecule has 2 aromatic carbocycles. The van der Waals surface area contributed by atoms with Crippen LogP contribution < -0.4 is 4.74 Å². The SMILES string of the molecule is CCn1c(COc2cccc(Cl)c2)cc2ccc(F)cc21. The number of benzene rings is 2. The summed E-state index contributed by atoms with van der Waals surface area (Å²) in [5, 5.41) is 1.66. The van der Waals surface area contributed by atoms with Gasteiger partial charge in [0.25, 0.3) is 0 Å². The lowest BCUT2D eigenvalue weighted by atomic mass is 10.2. The zero-order valence-corrected chi connectivity index (χ0v) is 12.4. The van der Waals surface area contributed by atoms with E-state index in [1.165, 1.54) is 6.07 Å². The topological polar surface area (TPSA) is 14.2 Å². The lowest BCUT2D eigenvalue weighted by molar-refractivity contribution is 0.296. The Bertz CT molecular complexity index is 782. The molecule has 1 aromatic heterocycles. The molecule has 108 valence electrons. The first kappa shape index (κ1) is 14.0. The van der Waals surface area contributed by atoms with Crippen LogP contribution in [0.3, 0.4) is 0 Å². The van der Waals surface area contributed by atoms with Gasteiger partial charge in [0.2, 0.25) is 0 Å². The van der Waals surface area contributed by atoms with Crippen LogP contribution in [0.4, 0.5) is 4.39 Å². The Morgan fingerprint density at radius 2 is 2.00 bits per heavy atom. The van der Waals surface area contributed by atoms with E-state index in [4.69, 9.17) is 16.3 Å². The average molecular weight is 304 g/mol. The maximum Gasteiger partial charge on any atom is 0.128 e. The molecular formula is C17H15ClFNO. The molecule has 0 aliphatic heterocycles. The molecule has 3 aromatic rings. The molecule has 0 saturated carbocycles. The highest BCUT2D eigenvalue weighted by molar-refractivity contribution is 6.30. The van der Waals surface area contributed by atoms with Gasteiger partial charge >= 0.3 is 0 Å². The Kier molecular flexibility index (Phi) is 3.84. The third-order valence-corrected chi connectivity index (χ3v) is 3.69. The van der Waals surface area contributed by atoms with Gasteiger partial charge in [-0.25, -0.2) is 4.39 Å². The van der Waals surface area contributed by atoms with E-state index in [1.807, 2.05) is 25.1 Å². The summed E-state index contributed by atoms with van der Waals surface area (Å²) in [4.78, 5) is 0. The summed E-state index contributed by atoms with van der Waals surface area (Å²) in [5.74, 6) is 0.499. The van der Waals surface area contributed by atoms with Gasteiger partial charge in [-0.1, -0.05) is 17.7 Å². The van der Waals surface area contributed by atoms with Crippen molar-refractivity contribution < 1.29 is 9.13 Å². The molecule has 21 heavy (non-hydrogen) atoms. The van der Waals surface area contributed by atoms with Gasteiger partial charge in [0.15, 0.2) is 0 Å². The minimum atomic E-state index is -0.224. The molecule has 1 heterocycles. The fraction of sp³-hybridized carbons (Fsp3) is 0.176. The number of aromatic nitrogens is 1. The fourth-order valence-electron chi connectivity index (χ4n) is 2.49. The maximum absolute atomic E-state index is 13.4. The average Bonchev–Trinajstić information content (AvgIpc) is 2.82. The number of fused-ring (bicyclic) bond motifs is 1. The number of ether oxygens (including phenoxy) is 1. The molecule has 0 aliphatic rings. The standard InChI is InChI=1S/C17H15ClFNO/c1-2-20-15(8-12-6-7-14(19)10-17(12)20)11-21-16-5-3-4-13(18)9-16/h3-10H,2,11H2,1H3. The Morgan fingerprint density at radius 3 is 2.76 bits per heavy atom. The summed E-state index contributed by atoms with van der Waals surface area (Å²) < 4.78 is 21.2. The molecule has 0 saturated heterocycles. The summed E-state index contributed by atoms with van der Waals surface area (Å²) in [6, 6.07) is 14.2. The minimum Gasteiger partial charge on any atom is -0.487 e. The quantitative estimate of drug-likeness (QED) is 0.659. The second-order valence-corrected chi connectivity index (χ2v) is 5.27. The highest BCUT2D eigenvalue weighted by atomic mass is 35.5. The predicted molar refractivity (Wildman–Crippen MR) is 83.4 cm³/mol. The normalized spacial score (nSPS) is 11.0. The van der Waals surface area contributed by atoms with Crippen molar-refractivity contribution in [3.8, 4) is 5.75 Å². The lowest BCUT2D eigenvalue weighted by Crippen LogP contribution is -2.04. The zero-order valence-electron chi connectivity index (χ0n) is 11.6. The number of hydrogen-bond donors (Lipinski definition) is 0. The second kappa shape index (κ2) is 5.78. The van der Waals surface area contributed by atoms with Crippen LogP contribution in [-0.2, 0) is 13.2 Å². The van der Waals surface area contributed by atoms with Gasteiger partial charge in [0.1, 0.15) is 18.2 Å². The Morgan fingerprint density at radius 1 is 1.14 bits per heavy atom. The van der Waals surface area contributed by atoms with Crippen molar-refractivity contribution in [3.05, 3.63) is 65.1 Å². The van der Waals surface area contributed by atoms with Crippen molar-refractivity contribution in [2.45, 2.75) is 20.1 Å². The number of aryl methyl sites for hydroxylation is 1. The van der Waals surface area contributed by atoms with Gasteiger partial charge < -0.3 is 9.30 Å². The molecule has 0 N–H and O–H groups in total. The second-order valence-electron chi connectivity index (χ2n) is 4.83. The van der Waals surface area contributed by atoms with E-state index in [2.05, 4.69) is 4.57 Å². The Balaban J connectivity index is 1.90. The van der Waals surface area contributed by atoms with E-state index >= 15 is 0 Å². The van der Waals surface area contributed by atoms with Crippen molar-refractivity contribution in [2.75, 3.05) is 0 Å². The largest absolute Gasteiger partial charge is 0.487 e. The van der Waals surface area contributed by atoms with Gasteiger partial charge in [-0.3, -0.25) is 0 Å². The van der Waals surface area contributed by atoms with Crippen molar-refractivity contribution in [1.82, 2.24) is 4.57 Å². The predicted octanol–water partition coefficient (Wildman–Crippen LogP) is 5.03. The molecule has 0 atom stereocenters. The minimum absolute atomic E-state index is 0.224. The first-order valence-corrected chi connectivity index (χ1v) is 7.21. The molecule has 0 spiro atoms. The van der Waals surface area contributed by atoms with Crippen LogP contribution >= 0.6 is 11.6 Å². The van der Waals surface area contributed by atoms with Crippen molar-refractivity contribution in [3.63, 3.8) is 0 Å². The molecule has 0 amide bonds. The van der Waals surface area contributed by atoms with Crippen LogP contribution in [-0.4, -0.2) is 4.57 Å². The Hall–Kier alpha value is -2.00. The number of halogens is 2. The molecule has 0 fully saturated rings. The monoisotopic (exact) mass is 303 g/mol. The fourth-order valence-corrected chi connectivity index (χ4v) is 2.67. The first-order valence-electron chi connectivity index (χ1n) is 6.83. The van der Waals surface area contributed by atoms with Crippen LogP contribution in [0.25, 0.3) is 10.9 Å². The first-order chi connectivity index (χ1) is 10.2. The van der Waals surface area contributed by atoms with E-state index in [1.54, 1.807) is 24.3 Å². The summed E-state index contributed by atoms with van der Waals surface area (Å²) in [7, 11) is 0. The number of hydrogen-bond acceptors (Lipinski definition) is 1. The van der Waals surface area contributed by atoms with E-state index in [9.17, 15) is 4.39 Å². The molecule has 2 nitrogen and oxygen atoms in total. The molecule has 0 bridgehead atoms. The van der Waals surface area contributed by atoms with E-state index < -0.39 is 0 Å². The lowest BCUT2D eigenvalue weighted by Gasteiger charge is -2.10. The van der Waals surface area contributed by atoms with Crippen LogP contribution in [0.1, 0.15) is 12.6 Å². The van der Waals surface area contributed by atoms with E-state index in [0.717, 1.165) is 28.9 Å². The van der Waals surface area contributed by atoms with Gasteiger partial charge in [-0.15, -0.1) is 0 Å². The van der Waals surface area contributed by atoms with Gasteiger partial charge in [-0.2, -0.15) is 0 Å². The summed E-state index contributed by atoms with van der Waals surface area (Å²) in [5.41, 5.74) is 1.90. The van der Waals surface area contributed by atoms with Gasteiger partial charge in [-0.05, 0) is 49.4 Å². The van der Waals surface area contributed by atoms with Crippen molar-refractivity contribution >= 4 is 22.5 Å². The molecule has 0 radical (unpaired) electrons. The van der Waals surface area contributed by atoms with Crippen LogP contribution in [0.15, 0.2) is 48.5 Å². The maximum atomic E-state index is 13.4. The number of rotatable bonds is 4. The smallest absolute Gasteiger partial charge is 0.128 e. The van der Waals surface area contributed by atoms with Crippen molar-refractivity contribution in [1.29, 1.82) is 0 Å². The molecular weight excluding hydrogens is 289 g/mol. The summed E-state index contributed by atoms with van der Waals surface area (Å²) in [6.45, 7) is 3.22. The third kappa shape index (κ3) is 2.88. The van der Waals surface area contributed by atoms with Crippen LogP contribution in [0.5, 0.6) is 5.75 Å².